The van der Waals surface area contributed by atoms with Crippen LogP contribution in [0, 0.1) is 0 Å². The van der Waals surface area contributed by atoms with Gasteiger partial charge in [-0.05, 0) is 12.1 Å². The second-order valence-corrected chi connectivity index (χ2v) is 3.35. The van der Waals surface area contributed by atoms with Crippen LogP contribution in [-0.2, 0) is 7.05 Å². The lowest BCUT2D eigenvalue weighted by Gasteiger charge is -1.94. The third kappa shape index (κ3) is 1.24. The van der Waals surface area contributed by atoms with Gasteiger partial charge in [0.25, 0.3) is 0 Å². The van der Waals surface area contributed by atoms with E-state index in [2.05, 4.69) is 4.98 Å². The summed E-state index contributed by atoms with van der Waals surface area (Å²) in [7, 11) is 1.73. The van der Waals surface area contributed by atoms with E-state index >= 15 is 0 Å². The van der Waals surface area contributed by atoms with Crippen LogP contribution in [-0.4, -0.2) is 20.6 Å². The number of aromatic carboxylic acids is 1. The lowest BCUT2D eigenvalue weighted by atomic mass is 10.2. The molecule has 4 nitrogen and oxygen atoms in total. The van der Waals surface area contributed by atoms with Crippen molar-refractivity contribution in [3.8, 4) is 0 Å². The molecule has 0 saturated heterocycles. The van der Waals surface area contributed by atoms with Crippen LogP contribution >= 0.6 is 11.6 Å². The SMILES string of the molecule is Cn1cc(C(=O)O)c2ccc(Cl)nc21. The quantitative estimate of drug-likeness (QED) is 0.732. The zero-order valence-corrected chi connectivity index (χ0v) is 8.12. The van der Waals surface area contributed by atoms with Gasteiger partial charge < -0.3 is 9.67 Å². The topological polar surface area (TPSA) is 55.1 Å². The molecule has 5 heteroatoms. The first-order chi connectivity index (χ1) is 6.59. The zero-order valence-electron chi connectivity index (χ0n) is 7.36. The number of carboxylic acids is 1. The summed E-state index contributed by atoms with van der Waals surface area (Å²) in [5.41, 5.74) is 0.821. The Hall–Kier alpha value is -1.55. The summed E-state index contributed by atoms with van der Waals surface area (Å²) in [6, 6.07) is 3.24. The summed E-state index contributed by atoms with van der Waals surface area (Å²) in [5, 5.41) is 9.85. The summed E-state index contributed by atoms with van der Waals surface area (Å²) >= 11 is 5.71. The molecule has 1 N–H and O–H groups in total. The molecule has 0 aliphatic rings. The van der Waals surface area contributed by atoms with Crippen molar-refractivity contribution in [3.63, 3.8) is 0 Å². The molecule has 0 saturated carbocycles. The van der Waals surface area contributed by atoms with Crippen molar-refractivity contribution in [2.24, 2.45) is 7.05 Å². The highest BCUT2D eigenvalue weighted by atomic mass is 35.5. The van der Waals surface area contributed by atoms with Gasteiger partial charge in [-0.2, -0.15) is 0 Å². The number of hydrogen-bond donors (Lipinski definition) is 1. The van der Waals surface area contributed by atoms with Crippen LogP contribution in [0.1, 0.15) is 10.4 Å². The third-order valence-electron chi connectivity index (χ3n) is 2.02. The fourth-order valence-electron chi connectivity index (χ4n) is 1.40. The first kappa shape index (κ1) is 9.02. The van der Waals surface area contributed by atoms with E-state index in [-0.39, 0.29) is 5.56 Å². The number of hydrogen-bond acceptors (Lipinski definition) is 2. The number of aryl methyl sites for hydroxylation is 1. The van der Waals surface area contributed by atoms with Crippen LogP contribution in [0.2, 0.25) is 5.15 Å². The van der Waals surface area contributed by atoms with Crippen molar-refractivity contribution < 1.29 is 9.90 Å². The summed E-state index contributed by atoms with van der Waals surface area (Å²) in [4.78, 5) is 14.9. The number of fused-ring (bicyclic) bond motifs is 1. The molecule has 2 aromatic heterocycles. The van der Waals surface area contributed by atoms with E-state index in [1.54, 1.807) is 23.7 Å². The predicted molar refractivity (Wildman–Crippen MR) is 52.7 cm³/mol. The fraction of sp³-hybridized carbons (Fsp3) is 0.111. The maximum Gasteiger partial charge on any atom is 0.337 e. The van der Waals surface area contributed by atoms with Gasteiger partial charge in [-0.3, -0.25) is 0 Å². The molecule has 14 heavy (non-hydrogen) atoms. The monoisotopic (exact) mass is 210 g/mol. The Bertz CT molecular complexity index is 519. The number of aromatic nitrogens is 2. The number of carbonyl (C=O) groups is 1. The van der Waals surface area contributed by atoms with Gasteiger partial charge in [-0.15, -0.1) is 0 Å². The van der Waals surface area contributed by atoms with Gasteiger partial charge in [0.05, 0.1) is 5.56 Å². The lowest BCUT2D eigenvalue weighted by molar-refractivity contribution is 0.0699. The minimum absolute atomic E-state index is 0.242. The smallest absolute Gasteiger partial charge is 0.337 e. The van der Waals surface area contributed by atoms with Crippen molar-refractivity contribution in [2.45, 2.75) is 0 Å². The van der Waals surface area contributed by atoms with Crippen molar-refractivity contribution >= 4 is 28.6 Å². The first-order valence-electron chi connectivity index (χ1n) is 3.94. The van der Waals surface area contributed by atoms with E-state index in [9.17, 15) is 4.79 Å². The highest BCUT2D eigenvalue weighted by Gasteiger charge is 2.13. The number of pyridine rings is 1. The molecule has 0 amide bonds. The molecule has 72 valence electrons. The molecule has 0 bridgehead atoms. The molecule has 2 aromatic rings. The second-order valence-electron chi connectivity index (χ2n) is 2.96. The van der Waals surface area contributed by atoms with Gasteiger partial charge in [0, 0.05) is 18.6 Å². The minimum Gasteiger partial charge on any atom is -0.478 e. The molecule has 0 aromatic carbocycles. The predicted octanol–water partition coefficient (Wildman–Crippen LogP) is 1.92. The summed E-state index contributed by atoms with van der Waals surface area (Å²) in [6.07, 6.45) is 1.52. The van der Waals surface area contributed by atoms with Crippen LogP contribution < -0.4 is 0 Å². The van der Waals surface area contributed by atoms with E-state index in [1.165, 1.54) is 6.20 Å². The maximum atomic E-state index is 10.8. The van der Waals surface area contributed by atoms with Gasteiger partial charge in [0.1, 0.15) is 10.8 Å². The van der Waals surface area contributed by atoms with E-state index in [0.29, 0.717) is 16.2 Å². The Kier molecular flexibility index (Phi) is 1.93. The fourth-order valence-corrected chi connectivity index (χ4v) is 1.54. The van der Waals surface area contributed by atoms with Crippen LogP contribution in [0.5, 0.6) is 0 Å². The largest absolute Gasteiger partial charge is 0.478 e. The number of halogens is 1. The molecular formula is C9H7ClN2O2. The van der Waals surface area contributed by atoms with Gasteiger partial charge in [0.2, 0.25) is 0 Å². The Morgan fingerprint density at radius 3 is 2.93 bits per heavy atom. The molecule has 0 aliphatic carbocycles. The van der Waals surface area contributed by atoms with Crippen molar-refractivity contribution in [1.82, 2.24) is 9.55 Å². The van der Waals surface area contributed by atoms with E-state index < -0.39 is 5.97 Å². The molecular weight excluding hydrogens is 204 g/mol. The standard InChI is InChI=1S/C9H7ClN2O2/c1-12-4-6(9(13)14)5-2-3-7(10)11-8(5)12/h2-4H,1H3,(H,13,14). The van der Waals surface area contributed by atoms with E-state index in [1.807, 2.05) is 0 Å². The average molecular weight is 211 g/mol. The van der Waals surface area contributed by atoms with Gasteiger partial charge >= 0.3 is 5.97 Å². The minimum atomic E-state index is -0.959. The third-order valence-corrected chi connectivity index (χ3v) is 2.23. The van der Waals surface area contributed by atoms with Crippen LogP contribution in [0.25, 0.3) is 11.0 Å². The van der Waals surface area contributed by atoms with E-state index in [0.717, 1.165) is 0 Å². The Morgan fingerprint density at radius 1 is 1.57 bits per heavy atom. The molecule has 0 unspecified atom stereocenters. The Morgan fingerprint density at radius 2 is 2.29 bits per heavy atom. The van der Waals surface area contributed by atoms with Gasteiger partial charge in [0.15, 0.2) is 0 Å². The highest BCUT2D eigenvalue weighted by Crippen LogP contribution is 2.20. The highest BCUT2D eigenvalue weighted by molar-refractivity contribution is 6.29. The lowest BCUT2D eigenvalue weighted by Crippen LogP contribution is -1.93. The molecule has 0 spiro atoms. The molecule has 0 atom stereocenters. The average Bonchev–Trinajstić information content (AvgIpc) is 2.44. The van der Waals surface area contributed by atoms with Crippen LogP contribution in [0.4, 0.5) is 0 Å². The molecule has 2 heterocycles. The number of nitrogens with zero attached hydrogens (tertiary/aromatic N) is 2. The zero-order chi connectivity index (χ0) is 10.3. The van der Waals surface area contributed by atoms with E-state index in [4.69, 9.17) is 16.7 Å². The summed E-state index contributed by atoms with van der Waals surface area (Å²) < 4.78 is 1.64. The summed E-state index contributed by atoms with van der Waals surface area (Å²) in [6.45, 7) is 0. The van der Waals surface area contributed by atoms with Crippen molar-refractivity contribution in [1.29, 1.82) is 0 Å². The molecule has 2 rings (SSSR count). The van der Waals surface area contributed by atoms with Crippen LogP contribution in [0.15, 0.2) is 18.3 Å². The second kappa shape index (κ2) is 2.99. The maximum absolute atomic E-state index is 10.8. The number of carboxylic acid groups (broad SMARTS) is 1. The number of rotatable bonds is 1. The van der Waals surface area contributed by atoms with Gasteiger partial charge in [-0.25, -0.2) is 9.78 Å². The van der Waals surface area contributed by atoms with Crippen molar-refractivity contribution in [2.75, 3.05) is 0 Å². The molecule has 0 aliphatic heterocycles. The summed E-state index contributed by atoms with van der Waals surface area (Å²) in [5.74, 6) is -0.959. The normalized spacial score (nSPS) is 10.7. The van der Waals surface area contributed by atoms with Crippen molar-refractivity contribution in [3.05, 3.63) is 29.0 Å². The Balaban J connectivity index is 2.84. The Labute approximate surface area is 84.7 Å². The molecule has 0 radical (unpaired) electrons. The first-order valence-corrected chi connectivity index (χ1v) is 4.32. The van der Waals surface area contributed by atoms with Gasteiger partial charge in [-0.1, -0.05) is 11.6 Å². The molecule has 0 fully saturated rings. The van der Waals surface area contributed by atoms with Crippen LogP contribution in [0.3, 0.4) is 0 Å².